The molecule has 3 nitrogen and oxygen atoms in total. The third kappa shape index (κ3) is 2.65. The minimum atomic E-state index is -4.70. The summed E-state index contributed by atoms with van der Waals surface area (Å²) in [4.78, 5) is 14.2. The molecular weight excluding hydrogens is 182 g/mol. The molecule has 0 aromatic heterocycles. The Kier molecular flexibility index (Phi) is 3.94. The number of hydrogen-bond donors (Lipinski definition) is 1. The molecule has 0 fully saturated rings. The van der Waals surface area contributed by atoms with Gasteiger partial charge in [0.25, 0.3) is 0 Å². The Bertz CT molecular complexity index is 162. The zero-order chi connectivity index (χ0) is 9.78. The van der Waals surface area contributed by atoms with E-state index in [1.807, 2.05) is 0 Å². The highest BCUT2D eigenvalue weighted by Crippen LogP contribution is 2.22. The standard InChI is InChI=1S/C5H7F4NO2/c1-2-12-10-4(11)5(8,9)3(6)7/h3H,2H2,1H3,(H,10,11). The van der Waals surface area contributed by atoms with Crippen LogP contribution in [0.15, 0.2) is 0 Å². The largest absolute Gasteiger partial charge is 0.385 e. The molecule has 0 unspecified atom stereocenters. The number of halogens is 4. The van der Waals surface area contributed by atoms with Crippen molar-refractivity contribution in [1.29, 1.82) is 0 Å². The van der Waals surface area contributed by atoms with Gasteiger partial charge < -0.3 is 0 Å². The van der Waals surface area contributed by atoms with E-state index in [0.717, 1.165) is 0 Å². The first kappa shape index (κ1) is 11.2. The summed E-state index contributed by atoms with van der Waals surface area (Å²) in [5.41, 5.74) is 1.18. The van der Waals surface area contributed by atoms with Gasteiger partial charge in [0, 0.05) is 0 Å². The minimum Gasteiger partial charge on any atom is -0.274 e. The maximum absolute atomic E-state index is 12.0. The second-order valence-electron chi connectivity index (χ2n) is 1.79. The van der Waals surface area contributed by atoms with Gasteiger partial charge in [0.2, 0.25) is 0 Å². The zero-order valence-electron chi connectivity index (χ0n) is 6.11. The molecule has 72 valence electrons. The van der Waals surface area contributed by atoms with Gasteiger partial charge in [0.15, 0.2) is 0 Å². The predicted octanol–water partition coefficient (Wildman–Crippen LogP) is 0.955. The van der Waals surface area contributed by atoms with Gasteiger partial charge in [-0.3, -0.25) is 9.63 Å². The fourth-order valence-electron chi connectivity index (χ4n) is 0.305. The first-order chi connectivity index (χ1) is 5.42. The second-order valence-corrected chi connectivity index (χ2v) is 1.79. The zero-order valence-corrected chi connectivity index (χ0v) is 6.11. The lowest BCUT2D eigenvalue weighted by molar-refractivity contribution is -0.181. The average Bonchev–Trinajstić information content (AvgIpc) is 1.99. The lowest BCUT2D eigenvalue weighted by atomic mass is 10.3. The molecular formula is C5H7F4NO2. The topological polar surface area (TPSA) is 38.3 Å². The SMILES string of the molecule is CCONC(=O)C(F)(F)C(F)F. The van der Waals surface area contributed by atoms with Crippen LogP contribution < -0.4 is 5.48 Å². The molecule has 0 bridgehead atoms. The first-order valence-corrected chi connectivity index (χ1v) is 3.01. The Balaban J connectivity index is 4.07. The number of hydrogen-bond acceptors (Lipinski definition) is 2. The number of alkyl halides is 4. The third-order valence-electron chi connectivity index (χ3n) is 0.886. The smallest absolute Gasteiger partial charge is 0.274 e. The van der Waals surface area contributed by atoms with E-state index in [1.54, 1.807) is 0 Å². The average molecular weight is 189 g/mol. The molecule has 0 aliphatic rings. The normalized spacial score (nSPS) is 11.8. The van der Waals surface area contributed by atoms with Crippen LogP contribution in [0, 0.1) is 0 Å². The van der Waals surface area contributed by atoms with Gasteiger partial charge in [0.05, 0.1) is 6.61 Å². The highest BCUT2D eigenvalue weighted by Gasteiger charge is 2.49. The first-order valence-electron chi connectivity index (χ1n) is 3.01. The summed E-state index contributed by atoms with van der Waals surface area (Å²) in [6.45, 7) is 1.33. The van der Waals surface area contributed by atoms with Crippen molar-refractivity contribution in [1.82, 2.24) is 5.48 Å². The Hall–Kier alpha value is -0.850. The molecule has 0 saturated carbocycles. The van der Waals surface area contributed by atoms with Crippen molar-refractivity contribution >= 4 is 5.91 Å². The molecule has 0 aliphatic carbocycles. The predicted molar refractivity (Wildman–Crippen MR) is 30.7 cm³/mol. The fraction of sp³-hybridized carbons (Fsp3) is 0.800. The van der Waals surface area contributed by atoms with Crippen LogP contribution in [0.1, 0.15) is 6.92 Å². The molecule has 0 aromatic rings. The number of hydroxylamine groups is 1. The summed E-state index contributed by atoms with van der Waals surface area (Å²) in [7, 11) is 0. The van der Waals surface area contributed by atoms with Crippen molar-refractivity contribution in [2.24, 2.45) is 0 Å². The van der Waals surface area contributed by atoms with Crippen LogP contribution in [0.2, 0.25) is 0 Å². The van der Waals surface area contributed by atoms with Crippen molar-refractivity contribution in [3.05, 3.63) is 0 Å². The molecule has 0 radical (unpaired) electrons. The van der Waals surface area contributed by atoms with E-state index in [-0.39, 0.29) is 6.61 Å². The summed E-state index contributed by atoms with van der Waals surface area (Å²) in [6.07, 6.45) is -4.03. The highest BCUT2D eigenvalue weighted by atomic mass is 19.3. The lowest BCUT2D eigenvalue weighted by Gasteiger charge is -2.13. The molecule has 0 atom stereocenters. The Morgan fingerprint density at radius 3 is 2.42 bits per heavy atom. The quantitative estimate of drug-likeness (QED) is 0.528. The summed E-state index contributed by atoms with van der Waals surface area (Å²) < 4.78 is 46.9. The Labute approximate surface area is 65.6 Å². The molecule has 0 aliphatic heterocycles. The number of carbonyl (C=O) groups is 1. The maximum Gasteiger partial charge on any atom is 0.385 e. The molecule has 12 heavy (non-hydrogen) atoms. The van der Waals surface area contributed by atoms with Crippen LogP contribution in [0.5, 0.6) is 0 Å². The number of nitrogens with one attached hydrogen (secondary N) is 1. The number of amides is 1. The fourth-order valence-corrected chi connectivity index (χ4v) is 0.305. The van der Waals surface area contributed by atoms with Crippen LogP contribution in [0.4, 0.5) is 17.6 Å². The Morgan fingerprint density at radius 2 is 2.08 bits per heavy atom. The summed E-state index contributed by atoms with van der Waals surface area (Å²) >= 11 is 0. The Morgan fingerprint density at radius 1 is 1.58 bits per heavy atom. The van der Waals surface area contributed by atoms with Crippen LogP contribution in [-0.2, 0) is 9.63 Å². The van der Waals surface area contributed by atoms with Crippen molar-refractivity contribution in [2.45, 2.75) is 19.3 Å². The molecule has 0 rings (SSSR count). The van der Waals surface area contributed by atoms with Crippen LogP contribution in [0.3, 0.4) is 0 Å². The molecule has 7 heteroatoms. The van der Waals surface area contributed by atoms with Crippen molar-refractivity contribution in [3.8, 4) is 0 Å². The van der Waals surface area contributed by atoms with Crippen LogP contribution in [0.25, 0.3) is 0 Å². The van der Waals surface area contributed by atoms with Crippen molar-refractivity contribution < 1.29 is 27.2 Å². The monoisotopic (exact) mass is 189 g/mol. The van der Waals surface area contributed by atoms with Gasteiger partial charge in [-0.25, -0.2) is 14.3 Å². The van der Waals surface area contributed by atoms with Gasteiger partial charge in [0.1, 0.15) is 0 Å². The lowest BCUT2D eigenvalue weighted by Crippen LogP contribution is -2.45. The van der Waals surface area contributed by atoms with Crippen molar-refractivity contribution in [2.75, 3.05) is 6.61 Å². The second kappa shape index (κ2) is 4.24. The molecule has 0 saturated heterocycles. The summed E-state index contributed by atoms with van der Waals surface area (Å²) in [5.74, 6) is -6.84. The summed E-state index contributed by atoms with van der Waals surface area (Å²) in [5, 5.41) is 0. The van der Waals surface area contributed by atoms with E-state index in [0.29, 0.717) is 0 Å². The van der Waals surface area contributed by atoms with Crippen LogP contribution >= 0.6 is 0 Å². The van der Waals surface area contributed by atoms with E-state index < -0.39 is 18.3 Å². The van der Waals surface area contributed by atoms with E-state index >= 15 is 0 Å². The molecule has 0 spiro atoms. The highest BCUT2D eigenvalue weighted by molar-refractivity contribution is 5.82. The minimum absolute atomic E-state index is 0.0783. The van der Waals surface area contributed by atoms with Crippen LogP contribution in [-0.4, -0.2) is 24.9 Å². The third-order valence-corrected chi connectivity index (χ3v) is 0.886. The molecule has 1 amide bonds. The van der Waals surface area contributed by atoms with Gasteiger partial charge >= 0.3 is 18.3 Å². The summed E-state index contributed by atoms with van der Waals surface area (Å²) in [6, 6.07) is 0. The van der Waals surface area contributed by atoms with Gasteiger partial charge in [-0.2, -0.15) is 8.78 Å². The van der Waals surface area contributed by atoms with Gasteiger partial charge in [-0.15, -0.1) is 0 Å². The van der Waals surface area contributed by atoms with E-state index in [9.17, 15) is 22.4 Å². The van der Waals surface area contributed by atoms with E-state index in [4.69, 9.17) is 0 Å². The number of rotatable bonds is 4. The van der Waals surface area contributed by atoms with E-state index in [1.165, 1.54) is 12.4 Å². The van der Waals surface area contributed by atoms with Crippen molar-refractivity contribution in [3.63, 3.8) is 0 Å². The molecule has 1 N–H and O–H groups in total. The molecule has 0 heterocycles. The number of carbonyl (C=O) groups excluding carboxylic acids is 1. The maximum atomic E-state index is 12.0. The molecule has 0 aromatic carbocycles. The van der Waals surface area contributed by atoms with Gasteiger partial charge in [-0.1, -0.05) is 0 Å². The van der Waals surface area contributed by atoms with Gasteiger partial charge in [-0.05, 0) is 6.92 Å². The van der Waals surface area contributed by atoms with E-state index in [2.05, 4.69) is 4.84 Å².